The van der Waals surface area contributed by atoms with Crippen LogP contribution in [0.1, 0.15) is 26.2 Å². The Kier molecular flexibility index (Phi) is 5.29. The lowest BCUT2D eigenvalue weighted by Crippen LogP contribution is -2.64. The number of carboxylic acid groups (broad SMARTS) is 1. The molecule has 4 aliphatic rings. The molecular weight excluding hydrogens is 486 g/mol. The zero-order valence-corrected chi connectivity index (χ0v) is 20.0. The maximum Gasteiger partial charge on any atom is 0.407 e. The minimum absolute atomic E-state index is 0.0587. The van der Waals surface area contributed by atoms with Crippen molar-refractivity contribution >= 4 is 34.4 Å². The van der Waals surface area contributed by atoms with Crippen molar-refractivity contribution < 1.29 is 28.2 Å². The molecule has 0 aromatic carbocycles. The van der Waals surface area contributed by atoms with Gasteiger partial charge in [-0.15, -0.1) is 0 Å². The number of aromatic nitrogens is 3. The van der Waals surface area contributed by atoms with Gasteiger partial charge in [-0.2, -0.15) is 15.0 Å². The van der Waals surface area contributed by atoms with Crippen molar-refractivity contribution in [1.29, 1.82) is 0 Å². The molecule has 10 nitrogen and oxygen atoms in total. The van der Waals surface area contributed by atoms with E-state index in [1.54, 1.807) is 0 Å². The largest absolute Gasteiger partial charge is 0.472 e. The first kappa shape index (κ1) is 22.7. The summed E-state index contributed by atoms with van der Waals surface area (Å²) >= 11 is 6.08. The number of amides is 1. The van der Waals surface area contributed by atoms with Gasteiger partial charge < -0.3 is 19.5 Å². The first-order valence-electron chi connectivity index (χ1n) is 11.7. The second kappa shape index (κ2) is 8.16. The van der Waals surface area contributed by atoms with Crippen molar-refractivity contribution in [2.24, 2.45) is 0 Å². The lowest BCUT2D eigenvalue weighted by Gasteiger charge is -2.47. The molecule has 188 valence electrons. The van der Waals surface area contributed by atoms with E-state index < -0.39 is 24.2 Å². The number of pyridine rings is 1. The molecule has 4 unspecified atom stereocenters. The summed E-state index contributed by atoms with van der Waals surface area (Å²) in [5.41, 5.74) is -0.0796. The van der Waals surface area contributed by atoms with Crippen LogP contribution in [0.5, 0.6) is 11.9 Å². The van der Waals surface area contributed by atoms with E-state index in [4.69, 9.17) is 21.1 Å². The van der Waals surface area contributed by atoms with Crippen molar-refractivity contribution in [2.45, 2.75) is 62.6 Å². The maximum absolute atomic E-state index is 15.2. The van der Waals surface area contributed by atoms with Gasteiger partial charge in [0.1, 0.15) is 35.6 Å². The molecule has 1 amide bonds. The predicted molar refractivity (Wildman–Crippen MR) is 122 cm³/mol. The predicted octanol–water partition coefficient (Wildman–Crippen LogP) is 2.72. The van der Waals surface area contributed by atoms with Crippen LogP contribution in [0.3, 0.4) is 0 Å². The number of halogens is 3. The average Bonchev–Trinajstić information content (AvgIpc) is 3.26. The fourth-order valence-electron chi connectivity index (χ4n) is 6.13. The number of anilines is 1. The summed E-state index contributed by atoms with van der Waals surface area (Å²) in [5.74, 6) is -0.339. The minimum atomic E-state index is -0.970. The van der Waals surface area contributed by atoms with Crippen LogP contribution in [0, 0.1) is 5.82 Å². The minimum Gasteiger partial charge on any atom is -0.472 e. The molecule has 2 aromatic rings. The number of fused-ring (bicyclic) bond motifs is 5. The van der Waals surface area contributed by atoms with Gasteiger partial charge in [-0.1, -0.05) is 11.6 Å². The first-order valence-corrected chi connectivity index (χ1v) is 12.1. The van der Waals surface area contributed by atoms with E-state index in [-0.39, 0.29) is 58.7 Å². The normalized spacial score (nSPS) is 31.9. The summed E-state index contributed by atoms with van der Waals surface area (Å²) in [7, 11) is 1.82. The fourth-order valence-corrected chi connectivity index (χ4v) is 6.30. The van der Waals surface area contributed by atoms with Crippen molar-refractivity contribution in [3.05, 3.63) is 11.0 Å². The van der Waals surface area contributed by atoms with Crippen LogP contribution >= 0.6 is 11.6 Å². The van der Waals surface area contributed by atoms with Crippen molar-refractivity contribution in [3.8, 4) is 11.9 Å². The molecule has 1 N–H and O–H groups in total. The van der Waals surface area contributed by atoms with Crippen LogP contribution in [0.15, 0.2) is 0 Å². The molecule has 0 saturated carbocycles. The summed E-state index contributed by atoms with van der Waals surface area (Å²) in [6, 6.07) is -1.14. The van der Waals surface area contributed by atoms with Crippen LogP contribution in [0.2, 0.25) is 5.15 Å². The van der Waals surface area contributed by atoms with Gasteiger partial charge >= 0.3 is 12.1 Å². The Labute approximate surface area is 204 Å². The van der Waals surface area contributed by atoms with E-state index in [1.807, 2.05) is 23.8 Å². The van der Waals surface area contributed by atoms with Gasteiger partial charge in [-0.25, -0.2) is 13.6 Å². The van der Waals surface area contributed by atoms with Crippen LogP contribution in [0.4, 0.5) is 19.4 Å². The Morgan fingerprint density at radius 1 is 1.29 bits per heavy atom. The second-order valence-corrected chi connectivity index (χ2v) is 10.1. The topological polar surface area (TPSA) is 104 Å². The monoisotopic (exact) mass is 510 g/mol. The van der Waals surface area contributed by atoms with E-state index in [0.29, 0.717) is 38.2 Å². The van der Waals surface area contributed by atoms with E-state index >= 15 is 4.39 Å². The molecule has 0 radical (unpaired) electrons. The van der Waals surface area contributed by atoms with Crippen LogP contribution in [0.25, 0.3) is 10.9 Å². The lowest BCUT2D eigenvalue weighted by atomic mass is 9.98. The summed E-state index contributed by atoms with van der Waals surface area (Å²) in [6.45, 7) is 2.67. The SMILES string of the molecule is CC1Oc2nc(Cl)c(F)c3nc(OC[C@@H]4C[C@@H](F)CN4C)nc(c23)N2CC3CCC(C12)N3C(=O)O. The number of hydrogen-bond donors (Lipinski definition) is 1. The molecule has 6 rings (SSSR count). The fraction of sp³-hybridized carbons (Fsp3) is 0.636. The number of rotatable bonds is 3. The third-order valence-electron chi connectivity index (χ3n) is 7.69. The van der Waals surface area contributed by atoms with Gasteiger partial charge in [-0.3, -0.25) is 9.80 Å². The molecule has 3 saturated heterocycles. The zero-order chi connectivity index (χ0) is 24.6. The number of alkyl halides is 1. The molecule has 2 bridgehead atoms. The number of likely N-dealkylation sites (N-methyl/N-ethyl adjacent to an activating group) is 1. The smallest absolute Gasteiger partial charge is 0.407 e. The second-order valence-electron chi connectivity index (χ2n) is 9.77. The molecule has 6 heterocycles. The number of hydrogen-bond acceptors (Lipinski definition) is 8. The maximum atomic E-state index is 15.2. The quantitative estimate of drug-likeness (QED) is 0.624. The Bertz CT molecular complexity index is 1210. The zero-order valence-electron chi connectivity index (χ0n) is 19.2. The number of nitrogens with zero attached hydrogens (tertiary/aromatic N) is 6. The molecule has 0 aliphatic carbocycles. The average molecular weight is 511 g/mol. The number of carbonyl (C=O) groups is 1. The van der Waals surface area contributed by atoms with E-state index in [1.165, 1.54) is 4.90 Å². The van der Waals surface area contributed by atoms with Crippen LogP contribution in [-0.2, 0) is 0 Å². The third-order valence-corrected chi connectivity index (χ3v) is 7.94. The number of piperazine rings is 1. The van der Waals surface area contributed by atoms with Crippen molar-refractivity contribution in [2.75, 3.05) is 31.6 Å². The molecule has 13 heteroatoms. The highest BCUT2D eigenvalue weighted by atomic mass is 35.5. The molecule has 4 aliphatic heterocycles. The van der Waals surface area contributed by atoms with E-state index in [2.05, 4.69) is 15.0 Å². The Hall–Kier alpha value is -2.73. The molecular formula is C22H25ClF2N6O4. The Morgan fingerprint density at radius 3 is 2.80 bits per heavy atom. The summed E-state index contributed by atoms with van der Waals surface area (Å²) in [4.78, 5) is 30.4. The molecule has 2 aromatic heterocycles. The number of ether oxygens (including phenoxy) is 2. The highest BCUT2D eigenvalue weighted by Gasteiger charge is 2.53. The summed E-state index contributed by atoms with van der Waals surface area (Å²) in [6.07, 6.45) is -0.652. The number of likely N-dealkylation sites (tertiary alicyclic amines) is 1. The van der Waals surface area contributed by atoms with Gasteiger partial charge in [0.2, 0.25) is 5.88 Å². The molecule has 0 spiro atoms. The standard InChI is InChI=1S/C22H25ClF2N6O4/c1-9-17-13-4-3-11(31(13)22(32)33)7-30(17)19-14-16(15(25)18(23)27-20(14)35-9)26-21(28-19)34-8-12-5-10(24)6-29(12)2/h9-13,17H,3-8H2,1-2H3,(H,32,33)/t9?,10-,11?,12+,13?,17?/m1/s1. The lowest BCUT2D eigenvalue weighted by molar-refractivity contribution is 0.0706. The van der Waals surface area contributed by atoms with Gasteiger partial charge in [-0.05, 0) is 33.2 Å². The van der Waals surface area contributed by atoms with E-state index in [9.17, 15) is 14.3 Å². The third kappa shape index (κ3) is 3.52. The Morgan fingerprint density at radius 2 is 2.09 bits per heavy atom. The highest BCUT2D eigenvalue weighted by Crippen LogP contribution is 2.45. The summed E-state index contributed by atoms with van der Waals surface area (Å²) < 4.78 is 41.0. The van der Waals surface area contributed by atoms with Gasteiger partial charge in [0, 0.05) is 19.1 Å². The van der Waals surface area contributed by atoms with Crippen LogP contribution < -0.4 is 14.4 Å². The highest BCUT2D eigenvalue weighted by molar-refractivity contribution is 6.30. The molecule has 3 fully saturated rings. The van der Waals surface area contributed by atoms with Crippen LogP contribution in [-0.4, -0.2) is 99.1 Å². The first-order chi connectivity index (χ1) is 16.7. The van der Waals surface area contributed by atoms with Gasteiger partial charge in [0.25, 0.3) is 0 Å². The Balaban J connectivity index is 1.45. The van der Waals surface area contributed by atoms with Crippen molar-refractivity contribution in [3.63, 3.8) is 0 Å². The molecule has 6 atom stereocenters. The van der Waals surface area contributed by atoms with Crippen molar-refractivity contribution in [1.82, 2.24) is 24.8 Å². The van der Waals surface area contributed by atoms with E-state index in [0.717, 1.165) is 0 Å². The molecule has 35 heavy (non-hydrogen) atoms. The summed E-state index contributed by atoms with van der Waals surface area (Å²) in [5, 5.41) is 9.72. The van der Waals surface area contributed by atoms with Gasteiger partial charge in [0.05, 0.1) is 18.1 Å². The van der Waals surface area contributed by atoms with Gasteiger partial charge in [0.15, 0.2) is 11.0 Å².